The molecule has 0 spiro atoms. The summed E-state index contributed by atoms with van der Waals surface area (Å²) in [7, 11) is 0. The molecule has 0 aliphatic carbocycles. The van der Waals surface area contributed by atoms with Crippen LogP contribution in [0.25, 0.3) is 0 Å². The highest BCUT2D eigenvalue weighted by Crippen LogP contribution is 2.37. The molecular weight excluding hydrogens is 316 g/mol. The van der Waals surface area contributed by atoms with Crippen molar-refractivity contribution >= 4 is 24.8 Å². The van der Waals surface area contributed by atoms with Gasteiger partial charge in [-0.25, -0.2) is 4.99 Å². The molecule has 0 aliphatic heterocycles. The van der Waals surface area contributed by atoms with E-state index in [9.17, 15) is 15.3 Å². The quantitative estimate of drug-likeness (QED) is 0.449. The Labute approximate surface area is 147 Å². The minimum atomic E-state index is -0.860. The van der Waals surface area contributed by atoms with Crippen LogP contribution in [0.5, 0.6) is 0 Å². The highest BCUT2D eigenvalue weighted by Gasteiger charge is 2.29. The summed E-state index contributed by atoms with van der Waals surface area (Å²) in [5.41, 5.74) is 6.15. The number of nitrogens with one attached hydrogen (secondary N) is 1. The van der Waals surface area contributed by atoms with E-state index in [-0.39, 0.29) is 6.54 Å². The average molecular weight is 338 g/mol. The van der Waals surface area contributed by atoms with Crippen LogP contribution in [0.4, 0.5) is 5.69 Å². The lowest BCUT2D eigenvalue weighted by atomic mass is 9.78. The lowest BCUT2D eigenvalue weighted by Gasteiger charge is -2.26. The van der Waals surface area contributed by atoms with E-state index in [1.807, 2.05) is 6.07 Å². The molecule has 0 unspecified atom stereocenters. The van der Waals surface area contributed by atoms with Gasteiger partial charge in [0.25, 0.3) is 0 Å². The minimum Gasteiger partial charge on any atom is -0.390 e. The fourth-order valence-electron chi connectivity index (χ4n) is 2.26. The van der Waals surface area contributed by atoms with Crippen LogP contribution in [0.1, 0.15) is 44.4 Å². The zero-order chi connectivity index (χ0) is 19.1. The first-order chi connectivity index (χ1) is 11.7. The van der Waals surface area contributed by atoms with Gasteiger partial charge in [-0.05, 0) is 44.4 Å². The molecule has 0 saturated heterocycles. The molecule has 0 radical (unpaired) electrons. The minimum absolute atomic E-state index is 0.220. The van der Waals surface area contributed by atoms with E-state index in [4.69, 9.17) is 5.73 Å². The molecule has 0 heterocycles. The summed E-state index contributed by atoms with van der Waals surface area (Å²) in [5, 5.41) is 21.7. The maximum atomic E-state index is 11.1. The lowest BCUT2D eigenvalue weighted by Crippen LogP contribution is -2.22. The molecule has 0 aliphatic rings. The highest BCUT2D eigenvalue weighted by atomic mass is 16.1. The standard InChI is InChI=1S/C18H22N6O/c1-17(2,8-19)14-5-13(7-22-11-23-10-21)16(24-12-25)15(6-14)18(3,4)9-20/h5-6,10-12H,7H2,1-4H3,(H,24,25)(H2,21,22,23). The van der Waals surface area contributed by atoms with Crippen molar-refractivity contribution in [3.63, 3.8) is 0 Å². The second kappa shape index (κ2) is 8.07. The Kier molecular flexibility index (Phi) is 6.41. The van der Waals surface area contributed by atoms with Crippen molar-refractivity contribution in [1.29, 1.82) is 10.5 Å². The number of aliphatic imine (C=N–C) groups is 2. The monoisotopic (exact) mass is 338 g/mol. The van der Waals surface area contributed by atoms with Gasteiger partial charge in [0, 0.05) is 0 Å². The van der Waals surface area contributed by atoms with Crippen molar-refractivity contribution in [2.45, 2.75) is 45.1 Å². The first-order valence-corrected chi connectivity index (χ1v) is 7.65. The Morgan fingerprint density at radius 3 is 2.36 bits per heavy atom. The lowest BCUT2D eigenvalue weighted by molar-refractivity contribution is -0.105. The second-order valence-electron chi connectivity index (χ2n) is 6.55. The number of hydrogen-bond donors (Lipinski definition) is 2. The maximum absolute atomic E-state index is 11.1. The fourth-order valence-corrected chi connectivity index (χ4v) is 2.26. The van der Waals surface area contributed by atoms with Gasteiger partial charge >= 0.3 is 0 Å². The number of nitriles is 2. The third-order valence-corrected chi connectivity index (χ3v) is 3.87. The van der Waals surface area contributed by atoms with Crippen LogP contribution >= 0.6 is 0 Å². The Bertz CT molecular complexity index is 778. The summed E-state index contributed by atoms with van der Waals surface area (Å²) < 4.78 is 0. The van der Waals surface area contributed by atoms with Gasteiger partial charge in [0.2, 0.25) is 6.41 Å². The molecule has 0 bridgehead atoms. The Morgan fingerprint density at radius 2 is 1.84 bits per heavy atom. The fraction of sp³-hybridized carbons (Fsp3) is 0.389. The normalized spacial score (nSPS) is 12.1. The number of rotatable bonds is 7. The first-order valence-electron chi connectivity index (χ1n) is 7.65. The summed E-state index contributed by atoms with van der Waals surface area (Å²) >= 11 is 0. The van der Waals surface area contributed by atoms with E-state index >= 15 is 0 Å². The van der Waals surface area contributed by atoms with Gasteiger partial charge < -0.3 is 11.1 Å². The molecule has 1 rings (SSSR count). The summed E-state index contributed by atoms with van der Waals surface area (Å²) in [4.78, 5) is 18.9. The number of anilines is 1. The third-order valence-electron chi connectivity index (χ3n) is 3.87. The molecule has 1 aromatic rings. The smallest absolute Gasteiger partial charge is 0.211 e. The molecule has 25 heavy (non-hydrogen) atoms. The van der Waals surface area contributed by atoms with Crippen molar-refractivity contribution in [2.24, 2.45) is 15.7 Å². The van der Waals surface area contributed by atoms with E-state index in [0.29, 0.717) is 23.2 Å². The number of nitrogens with zero attached hydrogens (tertiary/aromatic N) is 4. The first kappa shape index (κ1) is 19.9. The van der Waals surface area contributed by atoms with Crippen molar-refractivity contribution in [1.82, 2.24) is 0 Å². The number of carbonyl (C=O) groups excluding carboxylic acids is 1. The molecule has 0 saturated carbocycles. The summed E-state index contributed by atoms with van der Waals surface area (Å²) in [5.74, 6) is 0. The second-order valence-corrected chi connectivity index (χ2v) is 6.55. The van der Waals surface area contributed by atoms with E-state index in [0.717, 1.165) is 11.9 Å². The van der Waals surface area contributed by atoms with Crippen molar-refractivity contribution < 1.29 is 4.79 Å². The molecule has 1 aromatic carbocycles. The van der Waals surface area contributed by atoms with Gasteiger partial charge in [0.1, 0.15) is 6.34 Å². The average Bonchev–Trinajstić information content (AvgIpc) is 2.59. The topological polar surface area (TPSA) is 127 Å². The molecule has 1 amide bonds. The van der Waals surface area contributed by atoms with Gasteiger partial charge in [-0.1, -0.05) is 12.1 Å². The number of nitrogens with two attached hydrogens (primary N) is 1. The summed E-state index contributed by atoms with van der Waals surface area (Å²) in [6.07, 6.45) is 2.99. The Balaban J connectivity index is 3.68. The van der Waals surface area contributed by atoms with Crippen LogP contribution < -0.4 is 11.1 Å². The largest absolute Gasteiger partial charge is 0.390 e. The van der Waals surface area contributed by atoms with Gasteiger partial charge in [-0.2, -0.15) is 10.5 Å². The van der Waals surface area contributed by atoms with Gasteiger partial charge in [-0.15, -0.1) is 0 Å². The van der Waals surface area contributed by atoms with Crippen LogP contribution in [0, 0.1) is 22.7 Å². The molecule has 7 heteroatoms. The Morgan fingerprint density at radius 1 is 1.20 bits per heavy atom. The van der Waals surface area contributed by atoms with Crippen molar-refractivity contribution in [3.05, 3.63) is 28.8 Å². The highest BCUT2D eigenvalue weighted by molar-refractivity contribution is 5.78. The van der Waals surface area contributed by atoms with Crippen LogP contribution in [-0.4, -0.2) is 19.1 Å². The van der Waals surface area contributed by atoms with Crippen molar-refractivity contribution in [2.75, 3.05) is 5.32 Å². The van der Waals surface area contributed by atoms with Crippen LogP contribution in [0.3, 0.4) is 0 Å². The Hall–Kier alpha value is -3.19. The zero-order valence-corrected chi connectivity index (χ0v) is 14.9. The predicted octanol–water partition coefficient (Wildman–Crippen LogP) is 2.37. The molecular formula is C18H22N6O. The number of amides is 1. The van der Waals surface area contributed by atoms with Crippen LogP contribution in [0.2, 0.25) is 0 Å². The van der Waals surface area contributed by atoms with E-state index in [1.54, 1.807) is 33.8 Å². The van der Waals surface area contributed by atoms with Crippen molar-refractivity contribution in [3.8, 4) is 12.1 Å². The van der Waals surface area contributed by atoms with E-state index < -0.39 is 10.8 Å². The van der Waals surface area contributed by atoms with Crippen LogP contribution in [0.15, 0.2) is 22.1 Å². The zero-order valence-electron chi connectivity index (χ0n) is 14.9. The van der Waals surface area contributed by atoms with E-state index in [2.05, 4.69) is 27.4 Å². The van der Waals surface area contributed by atoms with E-state index in [1.165, 1.54) is 6.34 Å². The van der Waals surface area contributed by atoms with Crippen LogP contribution in [-0.2, 0) is 22.2 Å². The number of carbonyl (C=O) groups is 1. The van der Waals surface area contributed by atoms with Gasteiger partial charge in [-0.3, -0.25) is 9.79 Å². The van der Waals surface area contributed by atoms with Gasteiger partial charge in [0.15, 0.2) is 0 Å². The predicted molar refractivity (Wildman–Crippen MR) is 98.3 cm³/mol. The maximum Gasteiger partial charge on any atom is 0.211 e. The summed E-state index contributed by atoms with van der Waals surface area (Å²) in [6.45, 7) is 7.33. The number of benzene rings is 1. The third kappa shape index (κ3) is 4.65. The SMILES string of the molecule is CC(C)(C#N)c1cc(CN=CN=CN)c(NC=O)c(C(C)(C)C#N)c1. The molecule has 0 atom stereocenters. The molecule has 7 nitrogen and oxygen atoms in total. The summed E-state index contributed by atoms with van der Waals surface area (Å²) in [6, 6.07) is 8.11. The number of hydrogen-bond acceptors (Lipinski definition) is 4. The molecule has 0 aromatic heterocycles. The molecule has 130 valence electrons. The van der Waals surface area contributed by atoms with Gasteiger partial charge in [0.05, 0.1) is 41.5 Å². The molecule has 0 fully saturated rings. The molecule has 3 N–H and O–H groups in total.